The third-order valence-corrected chi connectivity index (χ3v) is 1.81. The van der Waals surface area contributed by atoms with Crippen molar-refractivity contribution in [3.8, 4) is 6.07 Å². The first-order valence-corrected chi connectivity index (χ1v) is 3.89. The molecule has 1 aromatic rings. The van der Waals surface area contributed by atoms with Gasteiger partial charge in [0.25, 0.3) is 0 Å². The summed E-state index contributed by atoms with van der Waals surface area (Å²) in [5.41, 5.74) is -3.03. The molecule has 86 valence electrons. The largest absolute Gasteiger partial charge is 0.419 e. The van der Waals surface area contributed by atoms with Crippen LogP contribution in [0.2, 0.25) is 0 Å². The molecule has 0 aromatic heterocycles. The summed E-state index contributed by atoms with van der Waals surface area (Å²) in [7, 11) is 0. The molecule has 0 radical (unpaired) electrons. The summed E-state index contributed by atoms with van der Waals surface area (Å²) < 4.78 is 75.1. The highest BCUT2D eigenvalue weighted by Gasteiger charge is 2.37. The van der Waals surface area contributed by atoms with Crippen LogP contribution < -0.4 is 0 Å². The van der Waals surface area contributed by atoms with Crippen LogP contribution in [0.3, 0.4) is 0 Å². The van der Waals surface area contributed by atoms with Crippen molar-refractivity contribution in [1.29, 1.82) is 5.26 Å². The van der Waals surface area contributed by atoms with E-state index in [9.17, 15) is 26.3 Å². The van der Waals surface area contributed by atoms with Crippen LogP contribution in [-0.4, -0.2) is 0 Å². The topological polar surface area (TPSA) is 23.8 Å². The van der Waals surface area contributed by atoms with E-state index < -0.39 is 41.2 Å². The van der Waals surface area contributed by atoms with Crippen molar-refractivity contribution in [2.45, 2.75) is 12.6 Å². The molecule has 0 unspecified atom stereocenters. The van der Waals surface area contributed by atoms with E-state index in [4.69, 9.17) is 5.26 Å². The fourth-order valence-corrected chi connectivity index (χ4v) is 1.08. The van der Waals surface area contributed by atoms with Gasteiger partial charge in [0.2, 0.25) is 0 Å². The summed E-state index contributed by atoms with van der Waals surface area (Å²) in [6.07, 6.45) is -6.02. The molecular weight excluding hydrogens is 236 g/mol. The minimum Gasteiger partial charge on any atom is -0.207 e. The van der Waals surface area contributed by atoms with Crippen molar-refractivity contribution in [2.75, 3.05) is 0 Å². The number of nitrogens with zero attached hydrogens (tertiary/aromatic N) is 1. The number of hydrogen-bond donors (Lipinski definition) is 0. The third-order valence-electron chi connectivity index (χ3n) is 1.81. The number of nitriles is 1. The normalized spacial score (nSPS) is 11.3. The van der Waals surface area contributed by atoms with Crippen LogP contribution in [-0.2, 0) is 12.6 Å². The predicted octanol–water partition coefficient (Wildman–Crippen LogP) is 3.19. The maximum Gasteiger partial charge on any atom is 0.419 e. The molecule has 1 rings (SSSR count). The minimum atomic E-state index is -5.18. The molecule has 0 saturated carbocycles. The van der Waals surface area contributed by atoms with Gasteiger partial charge in [-0.15, -0.1) is 0 Å². The molecule has 0 aliphatic rings. The van der Waals surface area contributed by atoms with Gasteiger partial charge in [-0.05, 0) is 6.07 Å². The standard InChI is InChI=1S/C9H3F6N/c10-6-3-5(9(13,14)15)8(12)7(11)4(6)1-2-16/h3H,1H2. The summed E-state index contributed by atoms with van der Waals surface area (Å²) >= 11 is 0. The van der Waals surface area contributed by atoms with Crippen molar-refractivity contribution in [3.05, 3.63) is 34.6 Å². The van der Waals surface area contributed by atoms with Crippen molar-refractivity contribution in [2.24, 2.45) is 0 Å². The van der Waals surface area contributed by atoms with E-state index in [1.807, 2.05) is 0 Å². The van der Waals surface area contributed by atoms with Gasteiger partial charge in [0.05, 0.1) is 18.1 Å². The number of halogens is 6. The van der Waals surface area contributed by atoms with E-state index in [0.29, 0.717) is 0 Å². The second-order valence-electron chi connectivity index (χ2n) is 2.85. The Kier molecular flexibility index (Phi) is 3.12. The minimum absolute atomic E-state index is 0.162. The first-order valence-electron chi connectivity index (χ1n) is 3.89. The predicted molar refractivity (Wildman–Crippen MR) is 40.6 cm³/mol. The van der Waals surface area contributed by atoms with Gasteiger partial charge in [-0.25, -0.2) is 13.2 Å². The monoisotopic (exact) mass is 239 g/mol. The maximum absolute atomic E-state index is 13.0. The lowest BCUT2D eigenvalue weighted by Gasteiger charge is -2.10. The molecule has 0 saturated heterocycles. The summed E-state index contributed by atoms with van der Waals surface area (Å²) in [6.45, 7) is 0. The van der Waals surface area contributed by atoms with Gasteiger partial charge in [-0.3, -0.25) is 0 Å². The van der Waals surface area contributed by atoms with Gasteiger partial charge in [0.1, 0.15) is 5.82 Å². The van der Waals surface area contributed by atoms with Gasteiger partial charge in [-0.2, -0.15) is 18.4 Å². The quantitative estimate of drug-likeness (QED) is 0.545. The zero-order chi connectivity index (χ0) is 12.5. The Morgan fingerprint density at radius 3 is 2.12 bits per heavy atom. The molecule has 16 heavy (non-hydrogen) atoms. The Labute approximate surface area is 85.9 Å². The fourth-order valence-electron chi connectivity index (χ4n) is 1.08. The highest BCUT2D eigenvalue weighted by molar-refractivity contribution is 5.31. The second-order valence-corrected chi connectivity index (χ2v) is 2.85. The molecule has 0 amide bonds. The van der Waals surface area contributed by atoms with Crippen molar-refractivity contribution in [3.63, 3.8) is 0 Å². The highest BCUT2D eigenvalue weighted by atomic mass is 19.4. The van der Waals surface area contributed by atoms with Crippen molar-refractivity contribution >= 4 is 0 Å². The number of alkyl halides is 3. The second kappa shape index (κ2) is 4.04. The lowest BCUT2D eigenvalue weighted by atomic mass is 10.1. The Morgan fingerprint density at radius 2 is 1.69 bits per heavy atom. The maximum atomic E-state index is 13.0. The number of benzene rings is 1. The van der Waals surface area contributed by atoms with Gasteiger partial charge in [0.15, 0.2) is 11.6 Å². The van der Waals surface area contributed by atoms with E-state index in [1.54, 1.807) is 0 Å². The summed E-state index contributed by atoms with van der Waals surface area (Å²) in [4.78, 5) is 0. The van der Waals surface area contributed by atoms with Crippen LogP contribution in [0, 0.1) is 28.8 Å². The van der Waals surface area contributed by atoms with Crippen molar-refractivity contribution in [1.82, 2.24) is 0 Å². The molecule has 0 aliphatic carbocycles. The van der Waals surface area contributed by atoms with Crippen molar-refractivity contribution < 1.29 is 26.3 Å². The van der Waals surface area contributed by atoms with E-state index in [1.165, 1.54) is 6.07 Å². The molecule has 0 spiro atoms. The average molecular weight is 239 g/mol. The van der Waals surface area contributed by atoms with Gasteiger partial charge >= 0.3 is 6.18 Å². The SMILES string of the molecule is N#CCc1c(F)cc(C(F)(F)F)c(F)c1F. The lowest BCUT2D eigenvalue weighted by molar-refractivity contribution is -0.140. The average Bonchev–Trinajstić information content (AvgIpc) is 2.16. The summed E-state index contributed by atoms with van der Waals surface area (Å²) in [6, 6.07) is 1.16. The van der Waals surface area contributed by atoms with Crippen LogP contribution in [0.25, 0.3) is 0 Å². The summed E-state index contributed by atoms with van der Waals surface area (Å²) in [5.74, 6) is -5.76. The Balaban J connectivity index is 3.47. The molecule has 0 N–H and O–H groups in total. The summed E-state index contributed by atoms with van der Waals surface area (Å²) in [5, 5.41) is 8.16. The number of hydrogen-bond acceptors (Lipinski definition) is 1. The van der Waals surface area contributed by atoms with Gasteiger partial charge < -0.3 is 0 Å². The highest BCUT2D eigenvalue weighted by Crippen LogP contribution is 2.34. The lowest BCUT2D eigenvalue weighted by Crippen LogP contribution is -2.12. The van der Waals surface area contributed by atoms with Crippen LogP contribution in [0.1, 0.15) is 11.1 Å². The van der Waals surface area contributed by atoms with E-state index in [2.05, 4.69) is 0 Å². The molecular formula is C9H3F6N. The molecule has 0 bridgehead atoms. The van der Waals surface area contributed by atoms with Crippen LogP contribution in [0.15, 0.2) is 6.07 Å². The number of rotatable bonds is 1. The van der Waals surface area contributed by atoms with E-state index in [0.717, 1.165) is 0 Å². The molecule has 0 heterocycles. The molecule has 7 heteroatoms. The molecule has 1 nitrogen and oxygen atoms in total. The molecule has 0 atom stereocenters. The Hall–Kier alpha value is -1.71. The van der Waals surface area contributed by atoms with Gasteiger partial charge in [-0.1, -0.05) is 0 Å². The fraction of sp³-hybridized carbons (Fsp3) is 0.222. The Morgan fingerprint density at radius 1 is 1.12 bits per heavy atom. The van der Waals surface area contributed by atoms with Crippen LogP contribution in [0.5, 0.6) is 0 Å². The molecule has 0 fully saturated rings. The van der Waals surface area contributed by atoms with E-state index in [-0.39, 0.29) is 6.07 Å². The van der Waals surface area contributed by atoms with Gasteiger partial charge in [0, 0.05) is 5.56 Å². The Bertz CT molecular complexity index is 457. The van der Waals surface area contributed by atoms with Crippen LogP contribution in [0.4, 0.5) is 26.3 Å². The zero-order valence-corrected chi connectivity index (χ0v) is 7.50. The molecule has 0 aliphatic heterocycles. The first-order chi connectivity index (χ1) is 7.29. The van der Waals surface area contributed by atoms with Crippen LogP contribution >= 0.6 is 0 Å². The molecule has 1 aromatic carbocycles. The smallest absolute Gasteiger partial charge is 0.207 e. The zero-order valence-electron chi connectivity index (χ0n) is 7.50. The van der Waals surface area contributed by atoms with E-state index >= 15 is 0 Å². The first kappa shape index (κ1) is 12.4. The third kappa shape index (κ3) is 2.10.